The Hall–Kier alpha value is -2.44. The molecule has 1 aromatic carbocycles. The molecule has 0 fully saturated rings. The molecule has 1 aromatic heterocycles. The monoisotopic (exact) mass is 335 g/mol. The third kappa shape index (κ3) is 5.33. The van der Waals surface area contributed by atoms with Gasteiger partial charge in [0.1, 0.15) is 0 Å². The zero-order chi connectivity index (χ0) is 17.6. The third-order valence-corrected chi connectivity index (χ3v) is 3.23. The van der Waals surface area contributed by atoms with Crippen LogP contribution in [0.3, 0.4) is 0 Å². The van der Waals surface area contributed by atoms with Gasteiger partial charge in [-0.25, -0.2) is 4.39 Å². The fraction of sp³-hybridized carbons (Fsp3) is 0.471. The highest BCUT2D eigenvalue weighted by molar-refractivity contribution is 5.81. The van der Waals surface area contributed by atoms with Crippen LogP contribution in [0.2, 0.25) is 0 Å². The second-order valence-corrected chi connectivity index (χ2v) is 6.42. The highest BCUT2D eigenvalue weighted by Crippen LogP contribution is 2.17. The molecular weight excluding hydrogens is 313 g/mol. The lowest BCUT2D eigenvalue weighted by Gasteiger charge is -2.17. The number of ether oxygens (including phenoxy) is 1. The highest BCUT2D eigenvalue weighted by atomic mass is 19.1. The number of benzene rings is 1. The predicted octanol–water partition coefficient (Wildman–Crippen LogP) is 2.88. The molecule has 7 heteroatoms. The Morgan fingerprint density at radius 1 is 1.25 bits per heavy atom. The van der Waals surface area contributed by atoms with Crippen molar-refractivity contribution in [2.75, 3.05) is 6.54 Å². The summed E-state index contributed by atoms with van der Waals surface area (Å²) in [6, 6.07) is 6.12. The summed E-state index contributed by atoms with van der Waals surface area (Å²) in [7, 11) is 0. The quantitative estimate of drug-likeness (QED) is 0.787. The van der Waals surface area contributed by atoms with Crippen molar-refractivity contribution in [3.05, 3.63) is 41.9 Å². The van der Waals surface area contributed by atoms with E-state index in [9.17, 15) is 9.18 Å². The van der Waals surface area contributed by atoms with E-state index in [-0.39, 0.29) is 24.2 Å². The van der Waals surface area contributed by atoms with E-state index in [4.69, 9.17) is 9.15 Å². The number of hydrogen-bond acceptors (Lipinski definition) is 5. The number of nitrogens with zero attached hydrogens (tertiary/aromatic N) is 2. The first-order valence-electron chi connectivity index (χ1n) is 7.83. The molecule has 0 unspecified atom stereocenters. The van der Waals surface area contributed by atoms with Crippen molar-refractivity contribution in [2.45, 2.75) is 40.2 Å². The number of carbonyl (C=O) groups is 1. The number of rotatable bonds is 7. The Morgan fingerprint density at radius 3 is 2.67 bits per heavy atom. The standard InChI is InChI=1S/C17H22FN3O3/c1-17(2,3)16(22)19-10-6-9-14-20-21-15(24-14)11-23-13-8-5-4-7-12(13)18/h4-5,7-8H,6,9-11H2,1-3H3,(H,19,22). The number of para-hydroxylation sites is 1. The molecule has 1 N–H and O–H groups in total. The number of hydrogen-bond donors (Lipinski definition) is 1. The van der Waals surface area contributed by atoms with Gasteiger partial charge in [-0.15, -0.1) is 10.2 Å². The van der Waals surface area contributed by atoms with E-state index in [1.165, 1.54) is 12.1 Å². The van der Waals surface area contributed by atoms with Crippen molar-refractivity contribution in [2.24, 2.45) is 5.41 Å². The molecule has 130 valence electrons. The van der Waals surface area contributed by atoms with Crippen molar-refractivity contribution >= 4 is 5.91 Å². The van der Waals surface area contributed by atoms with Gasteiger partial charge in [-0.2, -0.15) is 0 Å². The van der Waals surface area contributed by atoms with Crippen LogP contribution in [0.4, 0.5) is 4.39 Å². The van der Waals surface area contributed by atoms with Gasteiger partial charge in [0.15, 0.2) is 18.2 Å². The van der Waals surface area contributed by atoms with Crippen molar-refractivity contribution in [3.63, 3.8) is 0 Å². The fourth-order valence-electron chi connectivity index (χ4n) is 1.86. The third-order valence-electron chi connectivity index (χ3n) is 3.23. The summed E-state index contributed by atoms with van der Waals surface area (Å²) < 4.78 is 24.2. The van der Waals surface area contributed by atoms with Gasteiger partial charge in [0.05, 0.1) is 0 Å². The van der Waals surface area contributed by atoms with Crippen LogP contribution in [0.25, 0.3) is 0 Å². The molecule has 0 aliphatic rings. The molecule has 1 amide bonds. The van der Waals surface area contributed by atoms with E-state index in [2.05, 4.69) is 15.5 Å². The lowest BCUT2D eigenvalue weighted by atomic mass is 9.96. The summed E-state index contributed by atoms with van der Waals surface area (Å²) in [5.74, 6) is 0.458. The molecule has 0 saturated heterocycles. The van der Waals surface area contributed by atoms with Gasteiger partial charge in [0.25, 0.3) is 5.89 Å². The Bertz CT molecular complexity index is 680. The zero-order valence-corrected chi connectivity index (χ0v) is 14.1. The minimum atomic E-state index is -0.438. The van der Waals surface area contributed by atoms with Gasteiger partial charge >= 0.3 is 0 Å². The van der Waals surface area contributed by atoms with Crippen LogP contribution in [0, 0.1) is 11.2 Å². The van der Waals surface area contributed by atoms with Crippen LogP contribution in [-0.2, 0) is 17.8 Å². The molecule has 0 aliphatic heterocycles. The van der Waals surface area contributed by atoms with Gasteiger partial charge in [-0.3, -0.25) is 4.79 Å². The van der Waals surface area contributed by atoms with Crippen LogP contribution in [0.15, 0.2) is 28.7 Å². The Balaban J connectivity index is 1.73. The second kappa shape index (κ2) is 7.90. The predicted molar refractivity (Wildman–Crippen MR) is 85.8 cm³/mol. The van der Waals surface area contributed by atoms with Gasteiger partial charge in [0.2, 0.25) is 11.8 Å². The summed E-state index contributed by atoms with van der Waals surface area (Å²) in [4.78, 5) is 11.7. The molecule has 2 aromatic rings. The van der Waals surface area contributed by atoms with Crippen LogP contribution >= 0.6 is 0 Å². The maximum absolute atomic E-state index is 13.4. The number of aryl methyl sites for hydroxylation is 1. The van der Waals surface area contributed by atoms with Gasteiger partial charge < -0.3 is 14.5 Å². The average Bonchev–Trinajstić information content (AvgIpc) is 2.97. The average molecular weight is 335 g/mol. The normalized spacial score (nSPS) is 11.3. The fourth-order valence-corrected chi connectivity index (χ4v) is 1.86. The SMILES string of the molecule is CC(C)(C)C(=O)NCCCc1nnc(COc2ccccc2F)o1. The lowest BCUT2D eigenvalue weighted by molar-refractivity contribution is -0.128. The van der Waals surface area contributed by atoms with E-state index >= 15 is 0 Å². The molecule has 1 heterocycles. The molecule has 0 bridgehead atoms. The number of nitrogens with one attached hydrogen (secondary N) is 1. The molecule has 0 atom stereocenters. The summed E-state index contributed by atoms with van der Waals surface area (Å²) in [5, 5.41) is 10.6. The number of carbonyl (C=O) groups excluding carboxylic acids is 1. The maximum Gasteiger partial charge on any atom is 0.253 e. The van der Waals surface area contributed by atoms with Crippen LogP contribution in [0.1, 0.15) is 39.0 Å². The number of aromatic nitrogens is 2. The summed E-state index contributed by atoms with van der Waals surface area (Å²) >= 11 is 0. The van der Waals surface area contributed by atoms with Crippen LogP contribution in [-0.4, -0.2) is 22.6 Å². The van der Waals surface area contributed by atoms with E-state index in [1.807, 2.05) is 20.8 Å². The smallest absolute Gasteiger partial charge is 0.253 e. The van der Waals surface area contributed by atoms with E-state index in [0.717, 1.165) is 0 Å². The van der Waals surface area contributed by atoms with Crippen molar-refractivity contribution in [1.29, 1.82) is 0 Å². The first-order chi connectivity index (χ1) is 11.4. The Kier molecular flexibility index (Phi) is 5.89. The minimum Gasteiger partial charge on any atom is -0.481 e. The number of amides is 1. The second-order valence-electron chi connectivity index (χ2n) is 6.42. The van der Waals surface area contributed by atoms with Gasteiger partial charge in [-0.1, -0.05) is 32.9 Å². The summed E-state index contributed by atoms with van der Waals surface area (Å²) in [6.45, 7) is 6.14. The minimum absolute atomic E-state index is 0.00649. The maximum atomic E-state index is 13.4. The lowest BCUT2D eigenvalue weighted by Crippen LogP contribution is -2.35. The topological polar surface area (TPSA) is 77.2 Å². The summed E-state index contributed by atoms with van der Waals surface area (Å²) in [6.07, 6.45) is 1.24. The molecule has 0 spiro atoms. The van der Waals surface area contributed by atoms with E-state index in [0.29, 0.717) is 25.3 Å². The highest BCUT2D eigenvalue weighted by Gasteiger charge is 2.20. The largest absolute Gasteiger partial charge is 0.481 e. The Labute approximate surface area is 140 Å². The van der Waals surface area contributed by atoms with E-state index in [1.54, 1.807) is 12.1 Å². The van der Waals surface area contributed by atoms with Crippen molar-refractivity contribution in [1.82, 2.24) is 15.5 Å². The van der Waals surface area contributed by atoms with Crippen LogP contribution in [0.5, 0.6) is 5.75 Å². The van der Waals surface area contributed by atoms with E-state index < -0.39 is 11.2 Å². The summed E-state index contributed by atoms with van der Waals surface area (Å²) in [5.41, 5.74) is -0.401. The zero-order valence-electron chi connectivity index (χ0n) is 14.1. The molecule has 2 rings (SSSR count). The number of halogens is 1. The first kappa shape index (κ1) is 17.9. The van der Waals surface area contributed by atoms with Crippen LogP contribution < -0.4 is 10.1 Å². The first-order valence-corrected chi connectivity index (χ1v) is 7.83. The molecular formula is C17H22FN3O3. The molecule has 0 radical (unpaired) electrons. The van der Waals surface area contributed by atoms with Gasteiger partial charge in [0, 0.05) is 18.4 Å². The molecule has 0 saturated carbocycles. The molecule has 0 aliphatic carbocycles. The molecule has 6 nitrogen and oxygen atoms in total. The molecule has 24 heavy (non-hydrogen) atoms. The Morgan fingerprint density at radius 2 is 1.96 bits per heavy atom. The van der Waals surface area contributed by atoms with Gasteiger partial charge in [-0.05, 0) is 18.6 Å². The van der Waals surface area contributed by atoms with Crippen molar-refractivity contribution < 1.29 is 18.3 Å². The van der Waals surface area contributed by atoms with Crippen molar-refractivity contribution in [3.8, 4) is 5.75 Å².